The van der Waals surface area contributed by atoms with Gasteiger partial charge in [-0.2, -0.15) is 0 Å². The number of allylic oxidation sites excluding steroid dienone is 9. The van der Waals surface area contributed by atoms with Crippen molar-refractivity contribution < 1.29 is 36.4 Å². The maximum Gasteiger partial charge on any atom is 0.331 e. The molecule has 0 saturated heterocycles. The molecule has 2 aliphatic rings. The summed E-state index contributed by atoms with van der Waals surface area (Å²) in [6.45, 7) is 67.5. The zero-order chi connectivity index (χ0) is 60.0. The minimum atomic E-state index is -2.52. The molecular weight excluding hydrogens is 1050 g/mol. The fourth-order valence-electron chi connectivity index (χ4n) is 8.16. The molecule has 0 N–H and O–H groups in total. The van der Waals surface area contributed by atoms with Gasteiger partial charge in [0, 0.05) is 35.8 Å². The molecule has 0 unspecified atom stereocenters. The molecule has 0 aromatic heterocycles. The summed E-state index contributed by atoms with van der Waals surface area (Å²) in [5.74, 6) is 3.49. The van der Waals surface area contributed by atoms with Gasteiger partial charge < -0.3 is 31.6 Å². The van der Waals surface area contributed by atoms with Crippen LogP contribution in [0.15, 0.2) is 83.0 Å². The monoisotopic (exact) mass is 1160 g/mol. The Morgan fingerprint density at radius 1 is 0.603 bits per heavy atom. The predicted molar refractivity (Wildman–Crippen MR) is 345 cm³/mol. The van der Waals surface area contributed by atoms with E-state index in [0.717, 1.165) is 28.7 Å². The van der Waals surface area contributed by atoms with Crippen LogP contribution in [0.3, 0.4) is 0 Å². The van der Waals surface area contributed by atoms with Gasteiger partial charge in [-0.3, -0.25) is 0 Å². The Balaban J connectivity index is 2.04. The molecule has 0 fully saturated rings. The van der Waals surface area contributed by atoms with Crippen LogP contribution in [-0.4, -0.2) is 53.7 Å². The minimum Gasteiger partial charge on any atom is -0.543 e. The fraction of sp³-hybridized carbons (Fsp3) is 0.646. The highest BCUT2D eigenvalue weighted by Crippen LogP contribution is 2.54. The SMILES string of the molecule is CC1=C(/C=C/C(C)=C/C=C/C(C)=C/C(=O)O[C@@H]2Cc3c(cc(O[Si](C)(C)C(C)(C)C)cc3O[Si](C)(C)C(C)(C)C)O[C@@H]2c2cc(O[Si](C)(C)C(C)(C)C)c(O[Si](C)(C)C(C)(C)C)c(O[Si](C)(C)C(C)(C)C)c2)C(C)(C)CCC1. The van der Waals surface area contributed by atoms with Crippen LogP contribution in [0.5, 0.6) is 34.5 Å². The van der Waals surface area contributed by atoms with Crippen molar-refractivity contribution >= 4 is 47.6 Å². The van der Waals surface area contributed by atoms with Crippen molar-refractivity contribution in [1.82, 2.24) is 0 Å². The van der Waals surface area contributed by atoms with Gasteiger partial charge >= 0.3 is 5.97 Å². The van der Waals surface area contributed by atoms with Gasteiger partial charge in [0.05, 0.1) is 0 Å². The summed E-state index contributed by atoms with van der Waals surface area (Å²) >= 11 is 0. The molecule has 8 nitrogen and oxygen atoms in total. The van der Waals surface area contributed by atoms with E-state index in [0.29, 0.717) is 40.9 Å². The van der Waals surface area contributed by atoms with Gasteiger partial charge in [-0.25, -0.2) is 4.79 Å². The van der Waals surface area contributed by atoms with Crippen LogP contribution in [-0.2, 0) is 16.0 Å². The largest absolute Gasteiger partial charge is 0.543 e. The Bertz CT molecular complexity index is 2600. The van der Waals surface area contributed by atoms with E-state index in [2.05, 4.69) is 233 Å². The lowest BCUT2D eigenvalue weighted by Gasteiger charge is -2.42. The molecule has 438 valence electrons. The third-order valence-corrected chi connectivity index (χ3v) is 40.5. The van der Waals surface area contributed by atoms with Gasteiger partial charge in [0.25, 0.3) is 25.0 Å². The summed E-state index contributed by atoms with van der Waals surface area (Å²) in [6, 6.07) is 8.25. The molecule has 78 heavy (non-hydrogen) atoms. The molecule has 1 heterocycles. The topological polar surface area (TPSA) is 81.7 Å². The van der Waals surface area contributed by atoms with E-state index in [4.69, 9.17) is 31.6 Å². The highest BCUT2D eigenvalue weighted by atomic mass is 28.4. The lowest BCUT2D eigenvalue weighted by molar-refractivity contribution is -0.149. The van der Waals surface area contributed by atoms with E-state index >= 15 is 0 Å². The van der Waals surface area contributed by atoms with Crippen molar-refractivity contribution in [2.45, 2.75) is 267 Å². The predicted octanol–water partition coefficient (Wildman–Crippen LogP) is 20.7. The number of carbonyl (C=O) groups excluding carboxylic acids is 1. The second-order valence-electron chi connectivity index (χ2n) is 31.2. The highest BCUT2D eigenvalue weighted by molar-refractivity contribution is 6.77. The summed E-state index contributed by atoms with van der Waals surface area (Å²) in [4.78, 5) is 14.5. The standard InChI is InChI=1S/C65H110O8Si5/c1-45(36-37-51-47(3)35-32-38-65(51,19)20)33-31-34-46(2)39-57(66)67-54-44-50-52(42-49(69-74(21,22)60(4,5)6)43-53(50)70-75(23,24)61(7,8)9)68-58(54)48-40-55(71-76(25,26)62(10,11)12)59(73-78(29,30)64(16,17)18)56(41-48)72-77(27,28)63(13,14)15/h31,33-34,36-37,39-43,54,58H,32,35,38,44H2,1-30H3/b34-31+,37-36+,45-33+,46-39+/t54-,58-/m1/s1. The van der Waals surface area contributed by atoms with E-state index in [-0.39, 0.29) is 30.6 Å². The molecule has 0 spiro atoms. The third kappa shape index (κ3) is 16.4. The lowest BCUT2D eigenvalue weighted by atomic mass is 9.72. The second-order valence-corrected chi connectivity index (χ2v) is 54.8. The molecule has 2 atom stereocenters. The van der Waals surface area contributed by atoms with Crippen LogP contribution < -0.4 is 26.9 Å². The van der Waals surface area contributed by atoms with E-state index < -0.39 is 59.8 Å². The van der Waals surface area contributed by atoms with Crippen LogP contribution in [0.1, 0.15) is 175 Å². The average molecular weight is 1160 g/mol. The molecule has 0 bridgehead atoms. The van der Waals surface area contributed by atoms with Crippen molar-refractivity contribution in [2.75, 3.05) is 0 Å². The van der Waals surface area contributed by atoms with Gasteiger partial charge in [-0.1, -0.05) is 159 Å². The Morgan fingerprint density at radius 3 is 1.51 bits per heavy atom. The fourth-order valence-corrected chi connectivity index (χ4v) is 13.2. The first kappa shape index (κ1) is 67.0. The number of rotatable bonds is 17. The summed E-state index contributed by atoms with van der Waals surface area (Å²) in [5.41, 5.74) is 6.60. The minimum absolute atomic E-state index is 0.0580. The van der Waals surface area contributed by atoms with Gasteiger partial charge in [0.1, 0.15) is 34.9 Å². The van der Waals surface area contributed by atoms with Crippen molar-refractivity contribution in [3.63, 3.8) is 0 Å². The smallest absolute Gasteiger partial charge is 0.331 e. The first-order valence-corrected chi connectivity index (χ1v) is 43.5. The number of benzene rings is 2. The van der Waals surface area contributed by atoms with Crippen molar-refractivity contribution in [3.05, 3.63) is 94.1 Å². The zero-order valence-corrected chi connectivity index (χ0v) is 60.0. The molecule has 4 rings (SSSR count). The Kier molecular flexibility index (Phi) is 20.1. The molecule has 2 aromatic rings. The van der Waals surface area contributed by atoms with Crippen LogP contribution in [0.4, 0.5) is 0 Å². The van der Waals surface area contributed by atoms with E-state index in [1.54, 1.807) is 6.08 Å². The van der Waals surface area contributed by atoms with Crippen LogP contribution in [0, 0.1) is 5.41 Å². The third-order valence-electron chi connectivity index (χ3n) is 18.8. The quantitative estimate of drug-likeness (QED) is 0.0671. The Labute approximate surface area is 482 Å². The van der Waals surface area contributed by atoms with Crippen LogP contribution in [0.2, 0.25) is 90.7 Å². The van der Waals surface area contributed by atoms with Gasteiger partial charge in [-0.15, -0.1) is 0 Å². The summed E-state index contributed by atoms with van der Waals surface area (Å²) in [6.07, 6.45) is 14.5. The molecule has 1 aliphatic carbocycles. The lowest BCUT2D eigenvalue weighted by Crippen LogP contribution is -2.47. The molecular formula is C65H110O8Si5. The molecule has 13 heteroatoms. The second kappa shape index (κ2) is 23.4. The highest BCUT2D eigenvalue weighted by Gasteiger charge is 2.48. The maximum absolute atomic E-state index is 14.5. The average Bonchev–Trinajstić information content (AvgIpc) is 3.21. The van der Waals surface area contributed by atoms with Gasteiger partial charge in [-0.05, 0) is 159 Å². The first-order chi connectivity index (χ1) is 34.9. The summed E-state index contributed by atoms with van der Waals surface area (Å²) in [5, 5.41) is -0.544. The van der Waals surface area contributed by atoms with Crippen LogP contribution >= 0.6 is 0 Å². The number of esters is 1. The normalized spacial score (nSPS) is 18.9. The summed E-state index contributed by atoms with van der Waals surface area (Å²) in [7, 11) is -12.3. The Morgan fingerprint density at radius 2 is 1.05 bits per heavy atom. The maximum atomic E-state index is 14.5. The first-order valence-electron chi connectivity index (χ1n) is 29.0. The van der Waals surface area contributed by atoms with Crippen molar-refractivity contribution in [3.8, 4) is 34.5 Å². The molecule has 2 aromatic carbocycles. The number of hydrogen-bond acceptors (Lipinski definition) is 8. The van der Waals surface area contributed by atoms with Crippen molar-refractivity contribution in [2.24, 2.45) is 5.41 Å². The van der Waals surface area contributed by atoms with E-state index in [1.165, 1.54) is 24.0 Å². The zero-order valence-electron chi connectivity index (χ0n) is 55.0. The number of ether oxygens (including phenoxy) is 2. The van der Waals surface area contributed by atoms with Crippen molar-refractivity contribution in [1.29, 1.82) is 0 Å². The summed E-state index contributed by atoms with van der Waals surface area (Å²) < 4.78 is 50.8. The van der Waals surface area contributed by atoms with Gasteiger partial charge in [0.15, 0.2) is 11.9 Å². The molecule has 1 aliphatic heterocycles. The van der Waals surface area contributed by atoms with Gasteiger partial charge in [0.2, 0.25) is 16.6 Å². The van der Waals surface area contributed by atoms with Crippen LogP contribution in [0.25, 0.3) is 0 Å². The van der Waals surface area contributed by atoms with E-state index in [1.807, 2.05) is 25.1 Å². The molecule has 0 amide bonds. The number of hydrogen-bond donors (Lipinski definition) is 0. The number of carbonyl (C=O) groups is 1. The van der Waals surface area contributed by atoms with E-state index in [9.17, 15) is 4.79 Å². The Hall–Kier alpha value is -3.51. The number of fused-ring (bicyclic) bond motifs is 1. The molecule has 0 radical (unpaired) electrons. The molecule has 0 saturated carbocycles.